The Balaban J connectivity index is 1.80. The molecule has 0 spiro atoms. The Morgan fingerprint density at radius 1 is 0.884 bits per heavy atom. The number of thiophene rings is 1. The second kappa shape index (κ2) is 22.5. The quantitative estimate of drug-likeness (QED) is 0.0886. The third-order valence-electron chi connectivity index (χ3n) is 16.3. The van der Waals surface area contributed by atoms with Crippen LogP contribution in [-0.4, -0.2) is 32.8 Å². The molecular weight excluding hydrogens is 868 g/mol. The first kappa shape index (κ1) is 56.4. The number of anilines is 1. The van der Waals surface area contributed by atoms with Crippen LogP contribution in [0.3, 0.4) is 0 Å². The van der Waals surface area contributed by atoms with Crippen LogP contribution in [0, 0.1) is 34.0 Å². The van der Waals surface area contributed by atoms with E-state index >= 15 is 0 Å². The van der Waals surface area contributed by atoms with Crippen LogP contribution in [-0.2, 0) is 5.41 Å². The van der Waals surface area contributed by atoms with Crippen molar-refractivity contribution < 1.29 is 0 Å². The molecule has 0 bridgehead atoms. The monoisotopic (exact) mass is 965 g/mol. The molecule has 3 heterocycles. The fraction of sp³-hybridized carbons (Fsp3) is 0.562. The largest absolute Gasteiger partial charge is 0.364 e. The lowest BCUT2D eigenvalue weighted by atomic mass is 9.35. The van der Waals surface area contributed by atoms with E-state index in [2.05, 4.69) is 245 Å². The number of allylic oxidation sites excluding steroid dienone is 16. The lowest BCUT2D eigenvalue weighted by Crippen LogP contribution is -2.51. The van der Waals surface area contributed by atoms with Crippen LogP contribution in [0.5, 0.6) is 0 Å². The number of benzene rings is 1. The first-order valence-corrected chi connectivity index (χ1v) is 31.4. The van der Waals surface area contributed by atoms with Gasteiger partial charge in [-0.2, -0.15) is 0 Å². The summed E-state index contributed by atoms with van der Waals surface area (Å²) in [5, 5.41) is 2.94. The average molecular weight is 965 g/mol. The Kier molecular flexibility index (Phi) is 18.4. The third kappa shape index (κ3) is 12.9. The van der Waals surface area contributed by atoms with Crippen molar-refractivity contribution in [3.05, 3.63) is 141 Å². The predicted molar refractivity (Wildman–Crippen MR) is 317 cm³/mol. The van der Waals surface area contributed by atoms with Gasteiger partial charge in [0.05, 0.1) is 13.8 Å². The highest BCUT2D eigenvalue weighted by atomic mass is 32.1. The van der Waals surface area contributed by atoms with Crippen molar-refractivity contribution in [1.29, 1.82) is 0 Å². The second-order valence-electron chi connectivity index (χ2n) is 25.6. The van der Waals surface area contributed by atoms with Crippen molar-refractivity contribution >= 4 is 46.7 Å². The van der Waals surface area contributed by atoms with Gasteiger partial charge in [0.25, 0.3) is 6.71 Å². The molecule has 3 aliphatic rings. The summed E-state index contributed by atoms with van der Waals surface area (Å²) in [6.45, 7) is 52.1. The average Bonchev–Trinajstić information content (AvgIpc) is 3.64. The Labute approximate surface area is 430 Å². The summed E-state index contributed by atoms with van der Waals surface area (Å²) in [5.74, 6) is 1.29. The van der Waals surface area contributed by atoms with Gasteiger partial charge in [-0.1, -0.05) is 199 Å². The molecule has 0 N–H and O–H groups in total. The van der Waals surface area contributed by atoms with E-state index in [0.29, 0.717) is 17.8 Å². The molecule has 2 nitrogen and oxygen atoms in total. The Bertz CT molecular complexity index is 2460. The first-order chi connectivity index (χ1) is 32.1. The molecule has 0 saturated heterocycles. The smallest absolute Gasteiger partial charge is 0.259 e. The van der Waals surface area contributed by atoms with Crippen molar-refractivity contribution in [3.63, 3.8) is 0 Å². The van der Waals surface area contributed by atoms with E-state index in [4.69, 9.17) is 0 Å². The van der Waals surface area contributed by atoms with Gasteiger partial charge in [0.1, 0.15) is 0 Å². The molecule has 1 fully saturated rings. The summed E-state index contributed by atoms with van der Waals surface area (Å²) in [7, 11) is -1.36. The number of rotatable bonds is 17. The SMILES string of the molecule is C/C=C(\C=C/CN1CC2=C(C=C(C)C)N(/C=C/C3C(/C=C/C/C=C\C(=C/C)[Si](C)(C)C)C(C)(C)CCC3(C)C)C(C)=C(/C=C(\CCC)C(C)(C)CC)B2c2sc3ccc(C(C)(C)C)cc3c21)C(C)C. The zero-order valence-electron chi connectivity index (χ0n) is 47.9. The number of fused-ring (bicyclic) bond motifs is 5. The zero-order chi connectivity index (χ0) is 51.4. The molecule has 0 radical (unpaired) electrons. The highest BCUT2D eigenvalue weighted by molar-refractivity contribution is 7.31. The Morgan fingerprint density at radius 2 is 1.54 bits per heavy atom. The molecule has 5 rings (SSSR count). The van der Waals surface area contributed by atoms with Crippen LogP contribution in [0.1, 0.15) is 169 Å². The maximum Gasteiger partial charge on any atom is 0.259 e. The van der Waals surface area contributed by atoms with Gasteiger partial charge in [0.15, 0.2) is 0 Å². The first-order valence-electron chi connectivity index (χ1n) is 27.0. The fourth-order valence-corrected chi connectivity index (χ4v) is 14.1. The van der Waals surface area contributed by atoms with Gasteiger partial charge in [0, 0.05) is 45.5 Å². The van der Waals surface area contributed by atoms with E-state index in [1.165, 1.54) is 77.6 Å². The van der Waals surface area contributed by atoms with E-state index in [1.54, 1.807) is 5.57 Å². The Morgan fingerprint density at radius 3 is 2.09 bits per heavy atom. The lowest BCUT2D eigenvalue weighted by molar-refractivity contribution is 0.0339. The van der Waals surface area contributed by atoms with E-state index in [0.717, 1.165) is 38.8 Å². The van der Waals surface area contributed by atoms with Gasteiger partial charge in [-0.3, -0.25) is 0 Å². The van der Waals surface area contributed by atoms with Crippen LogP contribution in [0.25, 0.3) is 10.1 Å². The van der Waals surface area contributed by atoms with Gasteiger partial charge in [-0.05, 0) is 146 Å². The van der Waals surface area contributed by atoms with Crippen molar-refractivity contribution in [3.8, 4) is 0 Å². The standard InChI is InChI=1S/C64H97BN2SSi/c1-22-30-50(62(13,14)25-4)43-55-47(9)67(40-36-54-53(63(15,16)37-38-64(54,17)18)33-28-26-27-32-51(24-3)69(19,20)21)57(41-45(5)6)56-44-66(39-29-31-48(23-2)46(7)8)59-52-42-49(61(10,11)12)34-35-58(52)68-60(59)65(55)56/h23-24,27-29,31-36,40-43,46,53-54H,22,25-26,30,37-39,44H2,1-21H3/b31-29-,32-27-,33-28+,40-36+,48-23+,50-43+,51-24+. The zero-order valence-corrected chi connectivity index (χ0v) is 49.7. The van der Waals surface area contributed by atoms with Gasteiger partial charge in [-0.25, -0.2) is 0 Å². The van der Waals surface area contributed by atoms with Crippen molar-refractivity contribution in [2.45, 2.75) is 188 Å². The topological polar surface area (TPSA) is 6.48 Å². The molecular formula is C64H97BN2SSi. The molecule has 1 aromatic carbocycles. The minimum absolute atomic E-state index is 0.0582. The van der Waals surface area contributed by atoms with Gasteiger partial charge >= 0.3 is 0 Å². The summed E-state index contributed by atoms with van der Waals surface area (Å²) in [6, 6.07) is 7.35. The van der Waals surface area contributed by atoms with E-state index < -0.39 is 8.07 Å². The molecule has 5 heteroatoms. The molecule has 2 atom stereocenters. The summed E-state index contributed by atoms with van der Waals surface area (Å²) in [6.07, 6.45) is 36.5. The molecule has 2 aromatic rings. The van der Waals surface area contributed by atoms with Crippen molar-refractivity contribution in [2.24, 2.45) is 34.0 Å². The normalized spacial score (nSPS) is 21.1. The Hall–Kier alpha value is -3.54. The highest BCUT2D eigenvalue weighted by Crippen LogP contribution is 2.54. The predicted octanol–water partition coefficient (Wildman–Crippen LogP) is 18.8. The van der Waals surface area contributed by atoms with Crippen LogP contribution >= 0.6 is 11.3 Å². The van der Waals surface area contributed by atoms with Gasteiger partial charge in [0.2, 0.25) is 0 Å². The van der Waals surface area contributed by atoms with Crippen LogP contribution < -0.4 is 9.68 Å². The fourth-order valence-electron chi connectivity index (χ4n) is 11.2. The van der Waals surface area contributed by atoms with Gasteiger partial charge < -0.3 is 9.80 Å². The molecule has 2 unspecified atom stereocenters. The summed E-state index contributed by atoms with van der Waals surface area (Å²) in [4.78, 5) is 5.37. The summed E-state index contributed by atoms with van der Waals surface area (Å²) < 4.78 is 2.89. The minimum Gasteiger partial charge on any atom is -0.364 e. The van der Waals surface area contributed by atoms with E-state index in [1.807, 2.05) is 11.3 Å². The molecule has 1 aromatic heterocycles. The van der Waals surface area contributed by atoms with Crippen LogP contribution in [0.15, 0.2) is 135 Å². The maximum atomic E-state index is 2.73. The number of hydrogen-bond acceptors (Lipinski definition) is 3. The molecule has 1 aliphatic carbocycles. The van der Waals surface area contributed by atoms with Gasteiger partial charge in [-0.15, -0.1) is 11.3 Å². The molecule has 2 aliphatic heterocycles. The van der Waals surface area contributed by atoms with Crippen LogP contribution in [0.2, 0.25) is 19.6 Å². The molecule has 376 valence electrons. The second-order valence-corrected chi connectivity index (χ2v) is 31.7. The molecule has 1 saturated carbocycles. The molecule has 69 heavy (non-hydrogen) atoms. The van der Waals surface area contributed by atoms with Crippen molar-refractivity contribution in [2.75, 3.05) is 18.0 Å². The number of nitrogens with zero attached hydrogens (tertiary/aromatic N) is 2. The van der Waals surface area contributed by atoms with Crippen LogP contribution in [0.4, 0.5) is 5.69 Å². The van der Waals surface area contributed by atoms with Crippen molar-refractivity contribution in [1.82, 2.24) is 4.90 Å². The summed E-state index contributed by atoms with van der Waals surface area (Å²) in [5.41, 5.74) is 13.4. The van der Waals surface area contributed by atoms with E-state index in [9.17, 15) is 0 Å². The highest BCUT2D eigenvalue weighted by Gasteiger charge is 2.47. The minimum atomic E-state index is -1.36. The maximum absolute atomic E-state index is 2.73. The molecule has 0 amide bonds. The third-order valence-corrected chi connectivity index (χ3v) is 19.7. The number of hydrogen-bond donors (Lipinski definition) is 0. The van der Waals surface area contributed by atoms with E-state index in [-0.39, 0.29) is 28.4 Å². The lowest BCUT2D eigenvalue weighted by Gasteiger charge is -2.51. The summed E-state index contributed by atoms with van der Waals surface area (Å²) >= 11 is 2.04.